The van der Waals surface area contributed by atoms with Crippen molar-refractivity contribution in [2.75, 3.05) is 5.32 Å². The summed E-state index contributed by atoms with van der Waals surface area (Å²) in [5, 5.41) is 3.58. The molecule has 1 N–H and O–H groups in total. The highest BCUT2D eigenvalue weighted by Gasteiger charge is 2.10. The maximum Gasteiger partial charge on any atom is 0.224 e. The molecule has 0 radical (unpaired) electrons. The maximum atomic E-state index is 12.1. The zero-order chi connectivity index (χ0) is 16.9. The number of carbonyl (C=O) groups is 1. The highest BCUT2D eigenvalue weighted by molar-refractivity contribution is 6.33. The van der Waals surface area contributed by atoms with Crippen molar-refractivity contribution in [1.82, 2.24) is 0 Å². The minimum atomic E-state index is -0.0278. The minimum absolute atomic E-state index is 0.0278. The van der Waals surface area contributed by atoms with E-state index >= 15 is 0 Å². The van der Waals surface area contributed by atoms with Crippen molar-refractivity contribution in [2.45, 2.75) is 19.8 Å². The number of furan rings is 1. The van der Waals surface area contributed by atoms with Gasteiger partial charge in [-0.05, 0) is 42.8 Å². The number of rotatable bonds is 5. The Morgan fingerprint density at radius 2 is 1.79 bits per heavy atom. The van der Waals surface area contributed by atoms with Gasteiger partial charge >= 0.3 is 0 Å². The predicted molar refractivity (Wildman–Crippen MR) is 97.3 cm³/mol. The Hall–Kier alpha value is -2.52. The first-order valence-electron chi connectivity index (χ1n) is 7.82. The van der Waals surface area contributed by atoms with Crippen LogP contribution in [0.5, 0.6) is 0 Å². The van der Waals surface area contributed by atoms with Crippen LogP contribution in [-0.4, -0.2) is 5.91 Å². The van der Waals surface area contributed by atoms with E-state index in [0.717, 1.165) is 28.3 Å². The van der Waals surface area contributed by atoms with Gasteiger partial charge in [-0.2, -0.15) is 0 Å². The van der Waals surface area contributed by atoms with E-state index in [-0.39, 0.29) is 5.91 Å². The van der Waals surface area contributed by atoms with E-state index in [4.69, 9.17) is 16.0 Å². The molecule has 0 unspecified atom stereocenters. The fourth-order valence-corrected chi connectivity index (χ4v) is 2.71. The first kappa shape index (κ1) is 16.3. The lowest BCUT2D eigenvalue weighted by molar-refractivity contribution is -0.116. The Morgan fingerprint density at radius 1 is 1.04 bits per heavy atom. The van der Waals surface area contributed by atoms with Crippen molar-refractivity contribution in [3.05, 3.63) is 77.0 Å². The van der Waals surface area contributed by atoms with Gasteiger partial charge in [0.05, 0.1) is 5.02 Å². The summed E-state index contributed by atoms with van der Waals surface area (Å²) in [7, 11) is 0. The van der Waals surface area contributed by atoms with Crippen LogP contribution in [0.15, 0.2) is 65.1 Å². The summed E-state index contributed by atoms with van der Waals surface area (Å²) < 4.78 is 5.81. The normalized spacial score (nSPS) is 10.6. The fourth-order valence-electron chi connectivity index (χ4n) is 2.48. The van der Waals surface area contributed by atoms with E-state index in [9.17, 15) is 4.79 Å². The number of hydrogen-bond acceptors (Lipinski definition) is 2. The van der Waals surface area contributed by atoms with Crippen LogP contribution in [0.1, 0.15) is 17.7 Å². The van der Waals surface area contributed by atoms with Crippen molar-refractivity contribution in [1.29, 1.82) is 0 Å². The molecule has 0 saturated carbocycles. The molecule has 1 amide bonds. The van der Waals surface area contributed by atoms with Crippen LogP contribution < -0.4 is 5.32 Å². The highest BCUT2D eigenvalue weighted by atomic mass is 35.5. The zero-order valence-corrected chi connectivity index (χ0v) is 14.1. The minimum Gasteiger partial charge on any atom is -0.461 e. The van der Waals surface area contributed by atoms with Gasteiger partial charge in [-0.3, -0.25) is 4.79 Å². The summed E-state index contributed by atoms with van der Waals surface area (Å²) >= 11 is 6.18. The quantitative estimate of drug-likeness (QED) is 0.668. The number of halogens is 1. The zero-order valence-electron chi connectivity index (χ0n) is 13.4. The number of amides is 1. The number of para-hydroxylation sites is 1. The first-order valence-corrected chi connectivity index (χ1v) is 8.20. The maximum absolute atomic E-state index is 12.1. The largest absolute Gasteiger partial charge is 0.461 e. The third-order valence-electron chi connectivity index (χ3n) is 3.82. The smallest absolute Gasteiger partial charge is 0.224 e. The molecule has 0 aliphatic heterocycles. The van der Waals surface area contributed by atoms with Crippen LogP contribution in [0.25, 0.3) is 11.3 Å². The van der Waals surface area contributed by atoms with Gasteiger partial charge in [0.15, 0.2) is 0 Å². The first-order chi connectivity index (χ1) is 11.6. The van der Waals surface area contributed by atoms with Gasteiger partial charge in [-0.1, -0.05) is 41.9 Å². The predicted octanol–water partition coefficient (Wildman–Crippen LogP) is 5.48. The number of aryl methyl sites for hydroxylation is 2. The second-order valence-electron chi connectivity index (χ2n) is 5.61. The van der Waals surface area contributed by atoms with Gasteiger partial charge in [0.25, 0.3) is 0 Å². The second kappa shape index (κ2) is 7.37. The van der Waals surface area contributed by atoms with Gasteiger partial charge in [-0.15, -0.1) is 0 Å². The number of nitrogens with one attached hydrogen (secondary N) is 1. The Balaban J connectivity index is 1.61. The lowest BCUT2D eigenvalue weighted by Crippen LogP contribution is -2.12. The molecular formula is C20H18ClNO2. The fraction of sp³-hybridized carbons (Fsp3) is 0.150. The molecule has 3 aromatic rings. The summed E-state index contributed by atoms with van der Waals surface area (Å²) in [4.78, 5) is 12.1. The third kappa shape index (κ3) is 3.87. The molecule has 3 nitrogen and oxygen atoms in total. The summed E-state index contributed by atoms with van der Waals surface area (Å²) in [6, 6.07) is 19.0. The van der Waals surface area contributed by atoms with Crippen molar-refractivity contribution in [2.24, 2.45) is 0 Å². The highest BCUT2D eigenvalue weighted by Crippen LogP contribution is 2.29. The lowest BCUT2D eigenvalue weighted by Gasteiger charge is -2.07. The molecule has 0 saturated heterocycles. The molecule has 0 bridgehead atoms. The number of carbonyl (C=O) groups excluding carboxylic acids is 1. The molecule has 0 atom stereocenters. The molecule has 0 aliphatic rings. The summed E-state index contributed by atoms with van der Waals surface area (Å²) in [6.45, 7) is 1.97. The lowest BCUT2D eigenvalue weighted by atomic mass is 10.2. The van der Waals surface area contributed by atoms with E-state index in [1.54, 1.807) is 0 Å². The Morgan fingerprint density at radius 3 is 2.58 bits per heavy atom. The second-order valence-corrected chi connectivity index (χ2v) is 6.02. The summed E-state index contributed by atoms with van der Waals surface area (Å²) in [5.41, 5.74) is 2.75. The van der Waals surface area contributed by atoms with Crippen molar-refractivity contribution in [3.63, 3.8) is 0 Å². The molecule has 3 rings (SSSR count). The SMILES string of the molecule is Cc1ccccc1NC(=O)CCc1ccc(-c2ccccc2Cl)o1. The van der Waals surface area contributed by atoms with Crippen LogP contribution in [-0.2, 0) is 11.2 Å². The van der Waals surface area contributed by atoms with E-state index in [2.05, 4.69) is 5.32 Å². The summed E-state index contributed by atoms with van der Waals surface area (Å²) in [5.74, 6) is 1.46. The van der Waals surface area contributed by atoms with Crippen LogP contribution in [0, 0.1) is 6.92 Å². The topological polar surface area (TPSA) is 42.2 Å². The molecule has 2 aromatic carbocycles. The van der Waals surface area contributed by atoms with Gasteiger partial charge in [0.1, 0.15) is 11.5 Å². The molecule has 1 aromatic heterocycles. The monoisotopic (exact) mass is 339 g/mol. The van der Waals surface area contributed by atoms with E-state index in [1.165, 1.54) is 0 Å². The molecule has 0 fully saturated rings. The van der Waals surface area contributed by atoms with Crippen LogP contribution >= 0.6 is 11.6 Å². The van der Waals surface area contributed by atoms with Crippen LogP contribution in [0.4, 0.5) is 5.69 Å². The molecule has 122 valence electrons. The van der Waals surface area contributed by atoms with Gasteiger partial charge < -0.3 is 9.73 Å². The average molecular weight is 340 g/mol. The van der Waals surface area contributed by atoms with Crippen LogP contribution in [0.3, 0.4) is 0 Å². The van der Waals surface area contributed by atoms with Gasteiger partial charge in [0, 0.05) is 24.1 Å². The van der Waals surface area contributed by atoms with Gasteiger partial charge in [-0.25, -0.2) is 0 Å². The molecule has 0 aliphatic carbocycles. The Kier molecular flexibility index (Phi) is 5.02. The number of benzene rings is 2. The Bertz CT molecular complexity index is 854. The molecule has 1 heterocycles. The van der Waals surface area contributed by atoms with E-state index in [0.29, 0.717) is 17.9 Å². The number of hydrogen-bond donors (Lipinski definition) is 1. The average Bonchev–Trinajstić information content (AvgIpc) is 3.04. The molecular weight excluding hydrogens is 322 g/mol. The molecule has 4 heteroatoms. The molecule has 24 heavy (non-hydrogen) atoms. The van der Waals surface area contributed by atoms with Crippen molar-refractivity contribution in [3.8, 4) is 11.3 Å². The van der Waals surface area contributed by atoms with E-state index < -0.39 is 0 Å². The number of anilines is 1. The van der Waals surface area contributed by atoms with Crippen molar-refractivity contribution < 1.29 is 9.21 Å². The molecule has 0 spiro atoms. The van der Waals surface area contributed by atoms with E-state index in [1.807, 2.05) is 67.6 Å². The third-order valence-corrected chi connectivity index (χ3v) is 4.15. The van der Waals surface area contributed by atoms with Crippen molar-refractivity contribution >= 4 is 23.2 Å². The van der Waals surface area contributed by atoms with Crippen LogP contribution in [0.2, 0.25) is 5.02 Å². The van der Waals surface area contributed by atoms with Gasteiger partial charge in [0.2, 0.25) is 5.91 Å². The standard InChI is InChI=1S/C20H18ClNO2/c1-14-6-2-5-9-18(14)22-20(23)13-11-15-10-12-19(24-15)16-7-3-4-8-17(16)21/h2-10,12H,11,13H2,1H3,(H,22,23). The summed E-state index contributed by atoms with van der Waals surface area (Å²) in [6.07, 6.45) is 0.909. The Labute approximate surface area is 146 Å².